The van der Waals surface area contributed by atoms with Crippen LogP contribution in [0.15, 0.2) is 35.9 Å². The van der Waals surface area contributed by atoms with Crippen LogP contribution in [0.4, 0.5) is 0 Å². The van der Waals surface area contributed by atoms with Gasteiger partial charge in [0.05, 0.1) is 6.10 Å². The van der Waals surface area contributed by atoms with E-state index in [1.807, 2.05) is 0 Å². The Morgan fingerprint density at radius 2 is 1.88 bits per heavy atom. The molecule has 1 aliphatic heterocycles. The third kappa shape index (κ3) is 5.43. The first-order valence-corrected chi connectivity index (χ1v) is 9.68. The van der Waals surface area contributed by atoms with Crippen LogP contribution in [0.1, 0.15) is 65.7 Å². The maximum Gasteiger partial charge on any atom is 0.251 e. The number of allylic oxidation sites excluding steroid dienone is 1. The molecule has 3 rings (SSSR count). The van der Waals surface area contributed by atoms with Gasteiger partial charge in [0.2, 0.25) is 0 Å². The standard InChI is InChI=1S/C21H28N2O3/c24-20(22-12-11-16-6-2-1-3-7-16)17-8-4-9-18(14-17)21(25)23-15-19-10-5-13-26-19/h4,6,8-9,14,19H,1-3,5,7,10-13,15H2,(H,22,24)(H,23,25). The summed E-state index contributed by atoms with van der Waals surface area (Å²) in [6.07, 6.45) is 10.2. The molecule has 2 amide bonds. The van der Waals surface area contributed by atoms with E-state index in [1.54, 1.807) is 24.3 Å². The zero-order valence-electron chi connectivity index (χ0n) is 15.3. The first-order valence-electron chi connectivity index (χ1n) is 9.68. The molecule has 140 valence electrons. The highest BCUT2D eigenvalue weighted by molar-refractivity contribution is 5.99. The van der Waals surface area contributed by atoms with Crippen LogP contribution in [0.2, 0.25) is 0 Å². The lowest BCUT2D eigenvalue weighted by Gasteiger charge is -2.13. The Hall–Kier alpha value is -2.14. The molecule has 0 radical (unpaired) electrons. The normalized spacial score (nSPS) is 19.7. The van der Waals surface area contributed by atoms with Gasteiger partial charge in [-0.1, -0.05) is 17.7 Å². The van der Waals surface area contributed by atoms with Crippen LogP contribution in [0, 0.1) is 0 Å². The van der Waals surface area contributed by atoms with Crippen molar-refractivity contribution in [2.24, 2.45) is 0 Å². The second-order valence-electron chi connectivity index (χ2n) is 7.04. The topological polar surface area (TPSA) is 67.4 Å². The minimum absolute atomic E-state index is 0.111. The summed E-state index contributed by atoms with van der Waals surface area (Å²) in [6, 6.07) is 6.88. The summed E-state index contributed by atoms with van der Waals surface area (Å²) in [5.41, 5.74) is 2.47. The Kier molecular flexibility index (Phi) is 6.83. The van der Waals surface area contributed by atoms with Crippen molar-refractivity contribution in [2.75, 3.05) is 19.7 Å². The Bertz CT molecular complexity index is 663. The summed E-state index contributed by atoms with van der Waals surface area (Å²) in [4.78, 5) is 24.6. The number of carbonyl (C=O) groups is 2. The van der Waals surface area contributed by atoms with E-state index in [9.17, 15) is 9.59 Å². The third-order valence-electron chi connectivity index (χ3n) is 5.02. The van der Waals surface area contributed by atoms with E-state index in [0.717, 1.165) is 38.7 Å². The lowest BCUT2D eigenvalue weighted by molar-refractivity contribution is 0.0857. The molecular weight excluding hydrogens is 328 g/mol. The second kappa shape index (κ2) is 9.53. The zero-order valence-corrected chi connectivity index (χ0v) is 15.3. The third-order valence-corrected chi connectivity index (χ3v) is 5.02. The fraction of sp³-hybridized carbons (Fsp3) is 0.524. The predicted octanol–water partition coefficient (Wildman–Crippen LogP) is 3.22. The molecule has 26 heavy (non-hydrogen) atoms. The molecule has 1 unspecified atom stereocenters. The molecular formula is C21H28N2O3. The van der Waals surface area contributed by atoms with Crippen molar-refractivity contribution in [3.05, 3.63) is 47.0 Å². The molecule has 0 spiro atoms. The van der Waals surface area contributed by atoms with Gasteiger partial charge in [-0.25, -0.2) is 0 Å². The van der Waals surface area contributed by atoms with Crippen LogP contribution < -0.4 is 10.6 Å². The van der Waals surface area contributed by atoms with Crippen LogP contribution in [-0.4, -0.2) is 37.6 Å². The first kappa shape index (κ1) is 18.6. The van der Waals surface area contributed by atoms with Gasteiger partial charge >= 0.3 is 0 Å². The molecule has 0 saturated carbocycles. The highest BCUT2D eigenvalue weighted by Crippen LogP contribution is 2.19. The summed E-state index contributed by atoms with van der Waals surface area (Å²) in [6.45, 7) is 1.93. The molecule has 1 atom stereocenters. The lowest BCUT2D eigenvalue weighted by atomic mass is 9.97. The van der Waals surface area contributed by atoms with Crippen molar-refractivity contribution in [3.8, 4) is 0 Å². The monoisotopic (exact) mass is 356 g/mol. The van der Waals surface area contributed by atoms with Gasteiger partial charge in [-0.3, -0.25) is 9.59 Å². The zero-order chi connectivity index (χ0) is 18.2. The highest BCUT2D eigenvalue weighted by atomic mass is 16.5. The van der Waals surface area contributed by atoms with Crippen molar-refractivity contribution in [2.45, 2.75) is 51.0 Å². The molecule has 5 heteroatoms. The maximum atomic E-state index is 12.3. The number of amides is 2. The van der Waals surface area contributed by atoms with Gasteiger partial charge in [-0.05, 0) is 63.1 Å². The molecule has 1 aliphatic carbocycles. The van der Waals surface area contributed by atoms with Gasteiger partial charge in [0.25, 0.3) is 11.8 Å². The molecule has 0 bridgehead atoms. The average molecular weight is 356 g/mol. The molecule has 1 saturated heterocycles. The van der Waals surface area contributed by atoms with E-state index in [0.29, 0.717) is 24.2 Å². The number of benzene rings is 1. The Morgan fingerprint density at radius 1 is 1.08 bits per heavy atom. The van der Waals surface area contributed by atoms with E-state index in [1.165, 1.54) is 18.4 Å². The molecule has 2 N–H and O–H groups in total. The minimum Gasteiger partial charge on any atom is -0.376 e. The molecule has 1 fully saturated rings. The van der Waals surface area contributed by atoms with Crippen LogP contribution in [-0.2, 0) is 4.74 Å². The number of ether oxygens (including phenoxy) is 1. The van der Waals surface area contributed by atoms with Gasteiger partial charge in [0, 0.05) is 30.8 Å². The maximum absolute atomic E-state index is 12.3. The van der Waals surface area contributed by atoms with Gasteiger partial charge in [-0.15, -0.1) is 0 Å². The van der Waals surface area contributed by atoms with Crippen molar-refractivity contribution in [1.82, 2.24) is 10.6 Å². The Labute approximate surface area is 155 Å². The van der Waals surface area contributed by atoms with E-state index in [4.69, 9.17) is 4.74 Å². The van der Waals surface area contributed by atoms with Crippen LogP contribution in [0.25, 0.3) is 0 Å². The molecule has 0 aromatic heterocycles. The fourth-order valence-electron chi connectivity index (χ4n) is 3.49. The van der Waals surface area contributed by atoms with Crippen molar-refractivity contribution in [1.29, 1.82) is 0 Å². The number of nitrogens with one attached hydrogen (secondary N) is 2. The van der Waals surface area contributed by atoms with Crippen LogP contribution >= 0.6 is 0 Å². The van der Waals surface area contributed by atoms with E-state index < -0.39 is 0 Å². The van der Waals surface area contributed by atoms with Gasteiger partial charge in [-0.2, -0.15) is 0 Å². The predicted molar refractivity (Wildman–Crippen MR) is 101 cm³/mol. The Morgan fingerprint density at radius 3 is 2.58 bits per heavy atom. The van der Waals surface area contributed by atoms with Gasteiger partial charge in [0.15, 0.2) is 0 Å². The number of rotatable bonds is 7. The summed E-state index contributed by atoms with van der Waals surface area (Å²) in [7, 11) is 0. The molecule has 1 heterocycles. The minimum atomic E-state index is -0.164. The smallest absolute Gasteiger partial charge is 0.251 e. The molecule has 5 nitrogen and oxygen atoms in total. The van der Waals surface area contributed by atoms with E-state index in [-0.39, 0.29) is 17.9 Å². The summed E-state index contributed by atoms with van der Waals surface area (Å²) >= 11 is 0. The number of carbonyl (C=O) groups excluding carboxylic acids is 2. The SMILES string of the molecule is O=C(NCCC1=CCCCC1)c1cccc(C(=O)NCC2CCCO2)c1. The number of hydrogen-bond acceptors (Lipinski definition) is 3. The molecule has 2 aliphatic rings. The molecule has 1 aromatic rings. The second-order valence-corrected chi connectivity index (χ2v) is 7.04. The van der Waals surface area contributed by atoms with E-state index in [2.05, 4.69) is 16.7 Å². The Balaban J connectivity index is 1.48. The summed E-state index contributed by atoms with van der Waals surface area (Å²) in [5.74, 6) is -0.294. The highest BCUT2D eigenvalue weighted by Gasteiger charge is 2.17. The number of hydrogen-bond donors (Lipinski definition) is 2. The van der Waals surface area contributed by atoms with Crippen molar-refractivity contribution >= 4 is 11.8 Å². The quantitative estimate of drug-likeness (QED) is 0.737. The first-order chi connectivity index (χ1) is 12.7. The molecule has 1 aromatic carbocycles. The average Bonchev–Trinajstić information content (AvgIpc) is 3.20. The van der Waals surface area contributed by atoms with Gasteiger partial charge < -0.3 is 15.4 Å². The summed E-state index contributed by atoms with van der Waals surface area (Å²) < 4.78 is 5.51. The van der Waals surface area contributed by atoms with Crippen LogP contribution in [0.5, 0.6) is 0 Å². The van der Waals surface area contributed by atoms with Crippen molar-refractivity contribution < 1.29 is 14.3 Å². The fourth-order valence-corrected chi connectivity index (χ4v) is 3.49. The van der Waals surface area contributed by atoms with Gasteiger partial charge in [0.1, 0.15) is 0 Å². The van der Waals surface area contributed by atoms with E-state index >= 15 is 0 Å². The van der Waals surface area contributed by atoms with Crippen molar-refractivity contribution in [3.63, 3.8) is 0 Å². The lowest BCUT2D eigenvalue weighted by Crippen LogP contribution is -2.32. The van der Waals surface area contributed by atoms with Crippen LogP contribution in [0.3, 0.4) is 0 Å². The summed E-state index contributed by atoms with van der Waals surface area (Å²) in [5, 5.41) is 5.85. The largest absolute Gasteiger partial charge is 0.376 e.